The van der Waals surface area contributed by atoms with Gasteiger partial charge in [0.05, 0.1) is 23.0 Å². The van der Waals surface area contributed by atoms with Gasteiger partial charge in [-0.25, -0.2) is 4.79 Å². The number of aromatic nitrogens is 1. The molecule has 0 unspecified atom stereocenters. The van der Waals surface area contributed by atoms with Gasteiger partial charge in [0.1, 0.15) is 6.04 Å². The molecule has 0 aliphatic rings. The van der Waals surface area contributed by atoms with Crippen molar-refractivity contribution in [2.24, 2.45) is 5.41 Å². The van der Waals surface area contributed by atoms with Crippen LogP contribution in [0.1, 0.15) is 32.9 Å². The maximum Gasteiger partial charge on any atom is 0.330 e. The number of hydrogen-bond acceptors (Lipinski definition) is 6. The van der Waals surface area contributed by atoms with Crippen molar-refractivity contribution in [3.63, 3.8) is 0 Å². The fraction of sp³-hybridized carbons (Fsp3) is 0.400. The van der Waals surface area contributed by atoms with Crippen LogP contribution in [-0.4, -0.2) is 28.1 Å². The van der Waals surface area contributed by atoms with Crippen LogP contribution >= 0.6 is 0 Å². The van der Waals surface area contributed by atoms with Gasteiger partial charge in [0.25, 0.3) is 0 Å². The van der Waals surface area contributed by atoms with Gasteiger partial charge in [-0.1, -0.05) is 6.08 Å². The Morgan fingerprint density at radius 3 is 2.64 bits per heavy atom. The molecule has 0 spiro atoms. The van der Waals surface area contributed by atoms with E-state index in [1.807, 2.05) is 0 Å². The number of carbonyl (C=O) groups is 2. The van der Waals surface area contributed by atoms with Crippen LogP contribution < -0.4 is 11.2 Å². The lowest BCUT2D eigenvalue weighted by molar-refractivity contribution is -0.165. The first-order chi connectivity index (χ1) is 10.2. The number of carbonyl (C=O) groups excluding carboxylic acids is 1. The molecule has 1 atom stereocenters. The number of hydrogen-bond donors (Lipinski definition) is 3. The molecule has 0 bridgehead atoms. The number of aliphatic carboxylic acids is 1. The highest BCUT2D eigenvalue weighted by atomic mass is 16.7. The third-order valence-corrected chi connectivity index (χ3v) is 2.67. The number of carboxylic acid groups (broad SMARTS) is 1. The molecule has 0 amide bonds. The van der Waals surface area contributed by atoms with Crippen molar-refractivity contribution in [2.45, 2.75) is 33.2 Å². The summed E-state index contributed by atoms with van der Waals surface area (Å²) in [5.41, 5.74) is 8.30. The van der Waals surface area contributed by atoms with Crippen molar-refractivity contribution < 1.29 is 19.5 Å². The highest BCUT2D eigenvalue weighted by Crippen LogP contribution is 2.14. The van der Waals surface area contributed by atoms with Crippen molar-refractivity contribution in [1.82, 2.24) is 10.5 Å². The van der Waals surface area contributed by atoms with Gasteiger partial charge in [-0.3, -0.25) is 9.78 Å². The Balaban J connectivity index is 2.56. The van der Waals surface area contributed by atoms with Gasteiger partial charge in [0.15, 0.2) is 0 Å². The average molecular weight is 307 g/mol. The lowest BCUT2D eigenvalue weighted by atomic mass is 9.98. The molecule has 0 aliphatic carbocycles. The van der Waals surface area contributed by atoms with Gasteiger partial charge in [-0.15, -0.1) is 5.48 Å². The van der Waals surface area contributed by atoms with Crippen LogP contribution in [0.25, 0.3) is 6.08 Å². The zero-order valence-electron chi connectivity index (χ0n) is 12.9. The Morgan fingerprint density at radius 2 is 2.14 bits per heavy atom. The summed E-state index contributed by atoms with van der Waals surface area (Å²) in [5.74, 6) is -1.64. The Bertz CT molecular complexity index is 547. The van der Waals surface area contributed by atoms with E-state index in [1.165, 1.54) is 6.20 Å². The van der Waals surface area contributed by atoms with Gasteiger partial charge in [-0.05, 0) is 45.4 Å². The van der Waals surface area contributed by atoms with Gasteiger partial charge in [-0.2, -0.15) is 0 Å². The largest absolute Gasteiger partial charge is 0.480 e. The van der Waals surface area contributed by atoms with E-state index in [-0.39, 0.29) is 6.42 Å². The topological polar surface area (TPSA) is 115 Å². The molecule has 0 saturated heterocycles. The molecule has 1 heterocycles. The number of nitrogens with zero attached hydrogens (tertiary/aromatic N) is 1. The smallest absolute Gasteiger partial charge is 0.330 e. The first-order valence-electron chi connectivity index (χ1n) is 6.78. The zero-order chi connectivity index (χ0) is 16.8. The zero-order valence-corrected chi connectivity index (χ0v) is 12.9. The second-order valence-electron chi connectivity index (χ2n) is 5.80. The highest BCUT2D eigenvalue weighted by Gasteiger charge is 2.25. The van der Waals surface area contributed by atoms with Crippen molar-refractivity contribution in [2.75, 3.05) is 5.73 Å². The minimum absolute atomic E-state index is 0.138. The number of carboxylic acids is 1. The Labute approximate surface area is 129 Å². The number of pyridine rings is 1. The summed E-state index contributed by atoms with van der Waals surface area (Å²) in [6.45, 7) is 5.04. The van der Waals surface area contributed by atoms with E-state index < -0.39 is 23.4 Å². The third kappa shape index (κ3) is 5.92. The fourth-order valence-corrected chi connectivity index (χ4v) is 1.32. The standard InChI is InChI=1S/C15H21N3O4/c1-15(2,3)14(21)22-18-12(13(19)20)6-4-5-11-8-7-10(16)9-17-11/h4-5,7-9,12,18H,6,16H2,1-3H3,(H,19,20)/b5-4-/t12-/m0/s1. The predicted octanol–water partition coefficient (Wildman–Crippen LogP) is 1.61. The maximum atomic E-state index is 11.6. The molecule has 0 radical (unpaired) electrons. The first kappa shape index (κ1) is 17.6. The van der Waals surface area contributed by atoms with Gasteiger partial charge >= 0.3 is 11.9 Å². The van der Waals surface area contributed by atoms with Crippen LogP contribution in [0.4, 0.5) is 5.69 Å². The normalized spacial score (nSPS) is 13.0. The lowest BCUT2D eigenvalue weighted by Crippen LogP contribution is -2.40. The Kier molecular flexibility index (Phi) is 6.06. The predicted molar refractivity (Wildman–Crippen MR) is 82.4 cm³/mol. The van der Waals surface area contributed by atoms with Crippen LogP contribution in [0.5, 0.6) is 0 Å². The van der Waals surface area contributed by atoms with E-state index in [2.05, 4.69) is 10.5 Å². The van der Waals surface area contributed by atoms with E-state index in [1.54, 1.807) is 45.1 Å². The number of nitrogen functional groups attached to an aromatic ring is 1. The average Bonchev–Trinajstić information content (AvgIpc) is 2.42. The van der Waals surface area contributed by atoms with Gasteiger partial charge in [0, 0.05) is 0 Å². The SMILES string of the molecule is CC(C)(C)C(=O)ON[C@@H](C/C=C\c1ccc(N)cn1)C(=O)O. The number of nitrogens with one attached hydrogen (secondary N) is 1. The molecule has 7 heteroatoms. The van der Waals surface area contributed by atoms with E-state index in [0.717, 1.165) is 0 Å². The fourth-order valence-electron chi connectivity index (χ4n) is 1.32. The number of anilines is 1. The Hall–Kier alpha value is -2.41. The third-order valence-electron chi connectivity index (χ3n) is 2.67. The van der Waals surface area contributed by atoms with Crippen molar-refractivity contribution in [3.8, 4) is 0 Å². The molecule has 0 aromatic carbocycles. The molecule has 1 rings (SSSR count). The van der Waals surface area contributed by atoms with Crippen LogP contribution in [-0.2, 0) is 14.4 Å². The van der Waals surface area contributed by atoms with E-state index in [9.17, 15) is 9.59 Å². The Morgan fingerprint density at radius 1 is 1.45 bits per heavy atom. The molecule has 7 nitrogen and oxygen atoms in total. The van der Waals surface area contributed by atoms with E-state index in [4.69, 9.17) is 15.7 Å². The first-order valence-corrected chi connectivity index (χ1v) is 6.78. The minimum Gasteiger partial charge on any atom is -0.480 e. The summed E-state index contributed by atoms with van der Waals surface area (Å²) in [7, 11) is 0. The second kappa shape index (κ2) is 7.56. The molecule has 1 aromatic rings. The molecule has 0 saturated carbocycles. The number of nitrogens with two attached hydrogens (primary N) is 1. The summed E-state index contributed by atoms with van der Waals surface area (Å²) in [6, 6.07) is 2.38. The van der Waals surface area contributed by atoms with Gasteiger partial charge in [0.2, 0.25) is 0 Å². The van der Waals surface area contributed by atoms with Crippen molar-refractivity contribution >= 4 is 23.7 Å². The van der Waals surface area contributed by atoms with E-state index >= 15 is 0 Å². The van der Waals surface area contributed by atoms with Crippen molar-refractivity contribution in [3.05, 3.63) is 30.1 Å². The molecule has 1 aromatic heterocycles. The quantitative estimate of drug-likeness (QED) is 0.684. The van der Waals surface area contributed by atoms with Gasteiger partial charge < -0.3 is 15.7 Å². The molecule has 4 N–H and O–H groups in total. The molecule has 0 aliphatic heterocycles. The molecule has 120 valence electrons. The molecular formula is C15H21N3O4. The lowest BCUT2D eigenvalue weighted by Gasteiger charge is -2.18. The van der Waals surface area contributed by atoms with Crippen molar-refractivity contribution in [1.29, 1.82) is 0 Å². The van der Waals surface area contributed by atoms with E-state index in [0.29, 0.717) is 11.4 Å². The molecule has 22 heavy (non-hydrogen) atoms. The molecular weight excluding hydrogens is 286 g/mol. The molecule has 0 fully saturated rings. The summed E-state index contributed by atoms with van der Waals surface area (Å²) in [6.07, 6.45) is 4.95. The summed E-state index contributed by atoms with van der Waals surface area (Å²) >= 11 is 0. The highest BCUT2D eigenvalue weighted by molar-refractivity contribution is 5.76. The summed E-state index contributed by atoms with van der Waals surface area (Å²) in [5, 5.41) is 9.10. The summed E-state index contributed by atoms with van der Waals surface area (Å²) in [4.78, 5) is 31.6. The second-order valence-corrected chi connectivity index (χ2v) is 5.80. The van der Waals surface area contributed by atoms with Crippen LogP contribution in [0.15, 0.2) is 24.4 Å². The van der Waals surface area contributed by atoms with Crippen LogP contribution in [0, 0.1) is 5.41 Å². The number of hydroxylamine groups is 1. The van der Waals surface area contributed by atoms with Crippen LogP contribution in [0.3, 0.4) is 0 Å². The minimum atomic E-state index is -1.11. The number of rotatable bonds is 6. The maximum absolute atomic E-state index is 11.6. The van der Waals surface area contributed by atoms with Crippen LogP contribution in [0.2, 0.25) is 0 Å². The summed E-state index contributed by atoms with van der Waals surface area (Å²) < 4.78 is 0. The monoisotopic (exact) mass is 307 g/mol.